The molecule has 1 aliphatic rings. The van der Waals surface area contributed by atoms with Crippen molar-refractivity contribution in [1.29, 1.82) is 0 Å². The quantitative estimate of drug-likeness (QED) is 0.872. The summed E-state index contributed by atoms with van der Waals surface area (Å²) in [7, 11) is 0. The highest BCUT2D eigenvalue weighted by molar-refractivity contribution is 6.30. The summed E-state index contributed by atoms with van der Waals surface area (Å²) in [6, 6.07) is 5.26. The summed E-state index contributed by atoms with van der Waals surface area (Å²) in [4.78, 5) is 2.38. The van der Waals surface area contributed by atoms with Crippen molar-refractivity contribution < 1.29 is 5.11 Å². The number of phenolic OH excluding ortho intramolecular Hbond substituents is 1. The van der Waals surface area contributed by atoms with Crippen molar-refractivity contribution >= 4 is 11.6 Å². The van der Waals surface area contributed by atoms with Crippen LogP contribution in [0.25, 0.3) is 0 Å². The minimum absolute atomic E-state index is 0.338. The van der Waals surface area contributed by atoms with E-state index in [2.05, 4.69) is 17.1 Å². The van der Waals surface area contributed by atoms with E-state index in [1.54, 1.807) is 12.1 Å². The zero-order valence-electron chi connectivity index (χ0n) is 11.5. The van der Waals surface area contributed by atoms with Crippen molar-refractivity contribution in [3.05, 3.63) is 28.8 Å². The fraction of sp³-hybridized carbons (Fsp3) is 0.600. The largest absolute Gasteiger partial charge is 0.508 e. The van der Waals surface area contributed by atoms with Crippen LogP contribution >= 0.6 is 11.6 Å². The van der Waals surface area contributed by atoms with Crippen LogP contribution in [0.1, 0.15) is 25.3 Å². The van der Waals surface area contributed by atoms with E-state index < -0.39 is 0 Å². The molecule has 1 aliphatic heterocycles. The van der Waals surface area contributed by atoms with Gasteiger partial charge >= 0.3 is 0 Å². The first-order valence-electron chi connectivity index (χ1n) is 7.09. The van der Waals surface area contributed by atoms with Crippen molar-refractivity contribution in [2.75, 3.05) is 26.2 Å². The van der Waals surface area contributed by atoms with Gasteiger partial charge in [-0.2, -0.15) is 0 Å². The molecule has 1 heterocycles. The summed E-state index contributed by atoms with van der Waals surface area (Å²) >= 11 is 6.00. The highest BCUT2D eigenvalue weighted by atomic mass is 35.5. The lowest BCUT2D eigenvalue weighted by Gasteiger charge is -2.29. The van der Waals surface area contributed by atoms with Gasteiger partial charge in [-0.3, -0.25) is 4.90 Å². The number of benzene rings is 1. The van der Waals surface area contributed by atoms with E-state index in [4.69, 9.17) is 11.6 Å². The van der Waals surface area contributed by atoms with E-state index in [1.165, 1.54) is 12.8 Å². The van der Waals surface area contributed by atoms with Crippen LogP contribution in [0.4, 0.5) is 0 Å². The van der Waals surface area contributed by atoms with Gasteiger partial charge in [0.2, 0.25) is 0 Å². The van der Waals surface area contributed by atoms with Gasteiger partial charge in [-0.25, -0.2) is 0 Å². The Morgan fingerprint density at radius 1 is 1.47 bits per heavy atom. The molecule has 3 nitrogen and oxygen atoms in total. The van der Waals surface area contributed by atoms with Crippen molar-refractivity contribution in [3.63, 3.8) is 0 Å². The van der Waals surface area contributed by atoms with Crippen molar-refractivity contribution in [3.8, 4) is 5.75 Å². The normalized spacial score (nSPS) is 19.8. The van der Waals surface area contributed by atoms with Crippen LogP contribution < -0.4 is 5.32 Å². The van der Waals surface area contributed by atoms with Gasteiger partial charge in [0.1, 0.15) is 5.75 Å². The molecular formula is C15H23ClN2O. The Bertz CT molecular complexity index is 405. The highest BCUT2D eigenvalue weighted by Gasteiger charge is 2.17. The average Bonchev–Trinajstić information content (AvgIpc) is 2.43. The predicted molar refractivity (Wildman–Crippen MR) is 79.7 cm³/mol. The maximum absolute atomic E-state index is 9.89. The second-order valence-corrected chi connectivity index (χ2v) is 5.75. The van der Waals surface area contributed by atoms with Gasteiger partial charge < -0.3 is 10.4 Å². The number of rotatable bonds is 5. The van der Waals surface area contributed by atoms with Crippen LogP contribution in [0.3, 0.4) is 0 Å². The van der Waals surface area contributed by atoms with E-state index in [9.17, 15) is 5.11 Å². The lowest BCUT2D eigenvalue weighted by molar-refractivity contribution is 0.208. The third-order valence-corrected chi connectivity index (χ3v) is 4.03. The Morgan fingerprint density at radius 2 is 2.32 bits per heavy atom. The Hall–Kier alpha value is -0.770. The molecule has 0 bridgehead atoms. The van der Waals surface area contributed by atoms with Gasteiger partial charge in [0, 0.05) is 23.7 Å². The van der Waals surface area contributed by atoms with E-state index in [0.717, 1.165) is 44.2 Å². The van der Waals surface area contributed by atoms with Gasteiger partial charge in [0.15, 0.2) is 0 Å². The molecule has 0 radical (unpaired) electrons. The highest BCUT2D eigenvalue weighted by Crippen LogP contribution is 2.23. The van der Waals surface area contributed by atoms with Crippen LogP contribution in [-0.2, 0) is 6.54 Å². The standard InChI is InChI=1S/C15H23ClN2O/c1-2-18(10-12-4-3-7-17-9-12)11-13-8-14(16)5-6-15(13)19/h5-6,8,12,17,19H,2-4,7,9-11H2,1H3. The van der Waals surface area contributed by atoms with Crippen molar-refractivity contribution in [2.24, 2.45) is 5.92 Å². The van der Waals surface area contributed by atoms with Crippen LogP contribution in [0, 0.1) is 5.92 Å². The second-order valence-electron chi connectivity index (χ2n) is 5.31. The Morgan fingerprint density at radius 3 is 3.00 bits per heavy atom. The number of aromatic hydroxyl groups is 1. The fourth-order valence-electron chi connectivity index (χ4n) is 2.67. The average molecular weight is 283 g/mol. The molecule has 0 aliphatic carbocycles. The number of halogens is 1. The third kappa shape index (κ3) is 4.37. The Kier molecular flexibility index (Phi) is 5.49. The molecule has 0 saturated carbocycles. The maximum atomic E-state index is 9.89. The lowest BCUT2D eigenvalue weighted by Crippen LogP contribution is -2.38. The van der Waals surface area contributed by atoms with Gasteiger partial charge in [0.25, 0.3) is 0 Å². The minimum Gasteiger partial charge on any atom is -0.508 e. The van der Waals surface area contributed by atoms with Crippen LogP contribution in [0.15, 0.2) is 18.2 Å². The fourth-order valence-corrected chi connectivity index (χ4v) is 2.87. The van der Waals surface area contributed by atoms with Crippen LogP contribution in [-0.4, -0.2) is 36.2 Å². The topological polar surface area (TPSA) is 35.5 Å². The first kappa shape index (κ1) is 14.6. The second kappa shape index (κ2) is 7.13. The Balaban J connectivity index is 1.95. The molecule has 0 spiro atoms. The van der Waals surface area contributed by atoms with E-state index >= 15 is 0 Å². The Labute approximate surface area is 120 Å². The molecule has 1 saturated heterocycles. The molecular weight excluding hydrogens is 260 g/mol. The molecule has 4 heteroatoms. The number of nitrogens with one attached hydrogen (secondary N) is 1. The molecule has 0 aromatic heterocycles. The van der Waals surface area contributed by atoms with Crippen molar-refractivity contribution in [2.45, 2.75) is 26.3 Å². The first-order valence-corrected chi connectivity index (χ1v) is 7.47. The summed E-state index contributed by atoms with van der Waals surface area (Å²) in [5, 5.41) is 14.0. The third-order valence-electron chi connectivity index (χ3n) is 3.80. The van der Waals surface area contributed by atoms with Gasteiger partial charge in [-0.05, 0) is 56.6 Å². The predicted octanol–water partition coefficient (Wildman–Crippen LogP) is 2.87. The van der Waals surface area contributed by atoms with Crippen LogP contribution in [0.5, 0.6) is 5.75 Å². The SMILES string of the molecule is CCN(Cc1cc(Cl)ccc1O)CC1CCCNC1. The summed E-state index contributed by atoms with van der Waals surface area (Å²) in [6.07, 6.45) is 2.57. The molecule has 2 rings (SSSR count). The van der Waals surface area contributed by atoms with Crippen LogP contribution in [0.2, 0.25) is 5.02 Å². The summed E-state index contributed by atoms with van der Waals surface area (Å²) in [6.45, 7) is 7.25. The maximum Gasteiger partial charge on any atom is 0.120 e. The number of piperidine rings is 1. The van der Waals surface area contributed by atoms with Gasteiger partial charge in [-0.1, -0.05) is 18.5 Å². The molecule has 2 N–H and O–H groups in total. The molecule has 1 unspecified atom stereocenters. The van der Waals surface area contributed by atoms with Gasteiger partial charge in [-0.15, -0.1) is 0 Å². The number of nitrogens with zero attached hydrogens (tertiary/aromatic N) is 1. The molecule has 1 aromatic rings. The van der Waals surface area contributed by atoms with Gasteiger partial charge in [0.05, 0.1) is 0 Å². The molecule has 1 aromatic carbocycles. The zero-order chi connectivity index (χ0) is 13.7. The van der Waals surface area contributed by atoms with E-state index in [1.807, 2.05) is 6.07 Å². The lowest BCUT2D eigenvalue weighted by atomic mass is 9.99. The molecule has 1 atom stereocenters. The number of phenols is 1. The van der Waals surface area contributed by atoms with E-state index in [0.29, 0.717) is 10.8 Å². The zero-order valence-corrected chi connectivity index (χ0v) is 12.3. The summed E-state index contributed by atoms with van der Waals surface area (Å²) in [5.74, 6) is 1.06. The first-order chi connectivity index (χ1) is 9.19. The molecule has 19 heavy (non-hydrogen) atoms. The summed E-state index contributed by atoms with van der Waals surface area (Å²) < 4.78 is 0. The smallest absolute Gasteiger partial charge is 0.120 e. The monoisotopic (exact) mass is 282 g/mol. The minimum atomic E-state index is 0.338. The number of hydrogen-bond acceptors (Lipinski definition) is 3. The number of hydrogen-bond donors (Lipinski definition) is 2. The van der Waals surface area contributed by atoms with E-state index in [-0.39, 0.29) is 0 Å². The molecule has 1 fully saturated rings. The van der Waals surface area contributed by atoms with Crippen molar-refractivity contribution in [1.82, 2.24) is 10.2 Å². The molecule has 0 amide bonds. The summed E-state index contributed by atoms with van der Waals surface area (Å²) in [5.41, 5.74) is 0.915. The molecule has 106 valence electrons.